The minimum atomic E-state index is -0.809. The van der Waals surface area contributed by atoms with Crippen molar-refractivity contribution in [3.63, 3.8) is 0 Å². The number of pyridine rings is 1. The van der Waals surface area contributed by atoms with Crippen LogP contribution in [0.25, 0.3) is 0 Å². The Labute approximate surface area is 173 Å². The smallest absolute Gasteiger partial charge is 0.317 e. The zero-order valence-electron chi connectivity index (χ0n) is 16.1. The van der Waals surface area contributed by atoms with Crippen molar-refractivity contribution in [2.45, 2.75) is 44.8 Å². The third-order valence-corrected chi connectivity index (χ3v) is 4.70. The van der Waals surface area contributed by atoms with Gasteiger partial charge in [-0.2, -0.15) is 0 Å². The maximum Gasteiger partial charge on any atom is 0.317 e. The molecule has 1 aliphatic heterocycles. The van der Waals surface area contributed by atoms with E-state index in [0.717, 1.165) is 38.5 Å². The summed E-state index contributed by atoms with van der Waals surface area (Å²) in [6.45, 7) is 6.05. The predicted octanol–water partition coefficient (Wildman–Crippen LogP) is 2.91. The summed E-state index contributed by atoms with van der Waals surface area (Å²) in [5.41, 5.74) is 0.268. The number of amides is 2. The second-order valence-electron chi connectivity index (χ2n) is 7.43. The van der Waals surface area contributed by atoms with Crippen LogP contribution in [0.1, 0.15) is 44.8 Å². The zero-order chi connectivity index (χ0) is 18.4. The van der Waals surface area contributed by atoms with Gasteiger partial charge in [-0.15, -0.1) is 24.8 Å². The number of aromatic nitrogens is 1. The second-order valence-corrected chi connectivity index (χ2v) is 7.43. The maximum absolute atomic E-state index is 13.2. The summed E-state index contributed by atoms with van der Waals surface area (Å²) in [5.74, 6) is -0.0335. The number of carbonyl (C=O) groups excluding carboxylic acids is 1. The van der Waals surface area contributed by atoms with Crippen molar-refractivity contribution >= 4 is 30.8 Å². The van der Waals surface area contributed by atoms with E-state index in [-0.39, 0.29) is 36.4 Å². The van der Waals surface area contributed by atoms with Crippen LogP contribution in [0.2, 0.25) is 0 Å². The molecule has 2 amide bonds. The molecule has 0 aliphatic carbocycles. The van der Waals surface area contributed by atoms with E-state index in [1.165, 1.54) is 12.3 Å². The van der Waals surface area contributed by atoms with Crippen molar-refractivity contribution in [3.05, 3.63) is 29.8 Å². The number of piperidine rings is 1. The van der Waals surface area contributed by atoms with E-state index >= 15 is 0 Å². The number of carbonyl (C=O) groups is 1. The van der Waals surface area contributed by atoms with Gasteiger partial charge < -0.3 is 20.6 Å². The molecule has 2 atom stereocenters. The molecule has 1 fully saturated rings. The molecule has 9 heteroatoms. The Hall–Kier alpha value is -1.15. The number of hydrogen-bond donors (Lipinski definition) is 3. The van der Waals surface area contributed by atoms with Gasteiger partial charge in [0.05, 0.1) is 12.3 Å². The number of nitrogens with zero attached hydrogens (tertiary/aromatic N) is 2. The summed E-state index contributed by atoms with van der Waals surface area (Å²) in [7, 11) is 1.65. The minimum Gasteiger partial charge on any atom is -0.387 e. The fourth-order valence-corrected chi connectivity index (χ4v) is 3.47. The molecule has 0 aromatic carbocycles. The summed E-state index contributed by atoms with van der Waals surface area (Å²) in [6, 6.07) is 1.28. The van der Waals surface area contributed by atoms with Crippen LogP contribution in [0.3, 0.4) is 0 Å². The molecule has 0 bridgehead atoms. The van der Waals surface area contributed by atoms with Crippen molar-refractivity contribution < 1.29 is 14.3 Å². The topological polar surface area (TPSA) is 77.5 Å². The van der Waals surface area contributed by atoms with E-state index in [2.05, 4.69) is 29.5 Å². The number of hydrogen-bond acceptors (Lipinski definition) is 4. The highest BCUT2D eigenvalue weighted by Gasteiger charge is 2.29. The summed E-state index contributed by atoms with van der Waals surface area (Å²) in [4.78, 5) is 17.4. The van der Waals surface area contributed by atoms with Gasteiger partial charge in [0.2, 0.25) is 0 Å². The Balaban J connectivity index is 0.00000338. The van der Waals surface area contributed by atoms with Crippen LogP contribution in [-0.4, -0.2) is 53.2 Å². The third-order valence-electron chi connectivity index (χ3n) is 4.70. The average Bonchev–Trinajstić information content (AvgIpc) is 2.59. The third kappa shape index (κ3) is 8.17. The van der Waals surface area contributed by atoms with E-state index in [9.17, 15) is 14.3 Å². The molecule has 6 nitrogen and oxygen atoms in total. The average molecular weight is 425 g/mol. The van der Waals surface area contributed by atoms with Gasteiger partial charge in [0.15, 0.2) is 0 Å². The molecule has 1 aliphatic rings. The molecule has 156 valence electrons. The Morgan fingerprint density at radius 2 is 2.15 bits per heavy atom. The van der Waals surface area contributed by atoms with Crippen LogP contribution >= 0.6 is 24.8 Å². The normalized spacial score (nSPS) is 18.1. The quantitative estimate of drug-likeness (QED) is 0.655. The molecule has 0 radical (unpaired) electrons. The molecule has 3 N–H and O–H groups in total. The fourth-order valence-electron chi connectivity index (χ4n) is 3.47. The Kier molecular flexibility index (Phi) is 11.1. The Bertz CT molecular complexity index is 592. The summed E-state index contributed by atoms with van der Waals surface area (Å²) >= 11 is 0. The number of aliphatic hydroxyl groups excluding tert-OH is 1. The highest BCUT2D eigenvalue weighted by molar-refractivity contribution is 5.85. The van der Waals surface area contributed by atoms with Crippen LogP contribution in [0.15, 0.2) is 18.5 Å². The molecule has 2 heterocycles. The lowest BCUT2D eigenvalue weighted by Gasteiger charge is -2.37. The number of β-amino-alcohol motifs (C(OH)–C–C–N with tert-alkyl or cyclic N) is 1. The number of urea groups is 1. The lowest BCUT2D eigenvalue weighted by molar-refractivity contribution is 0.134. The van der Waals surface area contributed by atoms with E-state index in [4.69, 9.17) is 0 Å². The van der Waals surface area contributed by atoms with E-state index in [0.29, 0.717) is 18.0 Å². The standard InChI is InChI=1S/C18H29FN4O2.2ClH/c1-18(2,8-13-5-4-6-23(12-13)17(25)20-3)22-11-16(24)14-7-15(19)10-21-9-14;;/h7,9-10,13,16,22,24H,4-6,8,11-12H2,1-3H3,(H,20,25);2*1H/t13-,16-;;/m0../s1. The van der Waals surface area contributed by atoms with Crippen LogP contribution in [0, 0.1) is 11.7 Å². The number of rotatable bonds is 6. The summed E-state index contributed by atoms with van der Waals surface area (Å²) in [5, 5.41) is 16.3. The van der Waals surface area contributed by atoms with E-state index in [1.54, 1.807) is 7.05 Å². The van der Waals surface area contributed by atoms with E-state index < -0.39 is 11.9 Å². The van der Waals surface area contributed by atoms with Gasteiger partial charge in [-0.1, -0.05) is 0 Å². The molecule has 2 rings (SSSR count). The van der Waals surface area contributed by atoms with Crippen LogP contribution in [0.4, 0.5) is 9.18 Å². The molecule has 1 saturated heterocycles. The largest absolute Gasteiger partial charge is 0.387 e. The first-order valence-electron chi connectivity index (χ1n) is 8.81. The predicted molar refractivity (Wildman–Crippen MR) is 109 cm³/mol. The second kappa shape index (κ2) is 11.6. The number of likely N-dealkylation sites (tertiary alicyclic amines) is 1. The lowest BCUT2D eigenvalue weighted by atomic mass is 9.85. The first kappa shape index (κ1) is 25.9. The lowest BCUT2D eigenvalue weighted by Crippen LogP contribution is -2.48. The van der Waals surface area contributed by atoms with Crippen molar-refractivity contribution in [1.82, 2.24) is 20.5 Å². The summed E-state index contributed by atoms with van der Waals surface area (Å²) in [6.07, 6.45) is 4.78. The van der Waals surface area contributed by atoms with Crippen LogP contribution < -0.4 is 10.6 Å². The van der Waals surface area contributed by atoms with E-state index in [1.807, 2.05) is 4.90 Å². The SMILES string of the molecule is CNC(=O)N1CCC[C@@H](CC(C)(C)NC[C@H](O)c2cncc(F)c2)C1.Cl.Cl. The van der Waals surface area contributed by atoms with Gasteiger partial charge in [0.1, 0.15) is 5.82 Å². The maximum atomic E-state index is 13.2. The molecule has 0 spiro atoms. The van der Waals surface area contributed by atoms with Crippen molar-refractivity contribution in [2.24, 2.45) is 5.92 Å². The zero-order valence-corrected chi connectivity index (χ0v) is 17.7. The molecule has 0 unspecified atom stereocenters. The molecule has 0 saturated carbocycles. The van der Waals surface area contributed by atoms with Crippen LogP contribution in [0.5, 0.6) is 0 Å². The van der Waals surface area contributed by atoms with Gasteiger partial charge in [0, 0.05) is 44.0 Å². The fraction of sp³-hybridized carbons (Fsp3) is 0.667. The summed E-state index contributed by atoms with van der Waals surface area (Å²) < 4.78 is 13.2. The van der Waals surface area contributed by atoms with Gasteiger partial charge in [-0.05, 0) is 45.1 Å². The molecule has 1 aromatic heterocycles. The van der Waals surface area contributed by atoms with Crippen molar-refractivity contribution in [1.29, 1.82) is 0 Å². The van der Waals surface area contributed by atoms with Crippen molar-refractivity contribution in [2.75, 3.05) is 26.7 Å². The Morgan fingerprint density at radius 1 is 1.44 bits per heavy atom. The molecule has 27 heavy (non-hydrogen) atoms. The highest BCUT2D eigenvalue weighted by Crippen LogP contribution is 2.26. The van der Waals surface area contributed by atoms with Gasteiger partial charge in [-0.3, -0.25) is 4.98 Å². The van der Waals surface area contributed by atoms with Gasteiger partial charge in [-0.25, -0.2) is 9.18 Å². The highest BCUT2D eigenvalue weighted by atomic mass is 35.5. The van der Waals surface area contributed by atoms with Gasteiger partial charge in [0.25, 0.3) is 0 Å². The molecular weight excluding hydrogens is 394 g/mol. The van der Waals surface area contributed by atoms with Crippen molar-refractivity contribution in [3.8, 4) is 0 Å². The van der Waals surface area contributed by atoms with Gasteiger partial charge >= 0.3 is 6.03 Å². The first-order valence-corrected chi connectivity index (χ1v) is 8.81. The number of halogens is 3. The molecular formula is C18H31Cl2FN4O2. The number of nitrogens with one attached hydrogen (secondary N) is 2. The van der Waals surface area contributed by atoms with Crippen LogP contribution in [-0.2, 0) is 0 Å². The monoisotopic (exact) mass is 424 g/mol. The minimum absolute atomic E-state index is 0. The molecule has 1 aromatic rings. The first-order chi connectivity index (χ1) is 11.8. The number of aliphatic hydroxyl groups is 1. The Morgan fingerprint density at radius 3 is 2.78 bits per heavy atom.